The van der Waals surface area contributed by atoms with Crippen LogP contribution in [0, 0.1) is 0 Å². The van der Waals surface area contributed by atoms with Crippen LogP contribution in [0.2, 0.25) is 0 Å². The second-order valence-corrected chi connectivity index (χ2v) is 11.7. The van der Waals surface area contributed by atoms with Crippen LogP contribution in [0.3, 0.4) is 0 Å². The molecule has 0 unspecified atom stereocenters. The SMILES string of the molecule is CCN(CC)S(=O)(=O)c1ccc(OC)c(-c2nnc(-c3cc(S(=O)(=O)N(CC)CC)ccc3OC)o2)c1. The average molecular weight is 553 g/mol. The fraction of sp³-hybridized carbons (Fsp3) is 0.417. The molecule has 202 valence electrons. The summed E-state index contributed by atoms with van der Waals surface area (Å²) in [5.74, 6) is 0.669. The number of aromatic nitrogens is 2. The molecule has 11 nitrogen and oxygen atoms in total. The summed E-state index contributed by atoms with van der Waals surface area (Å²) in [5, 5.41) is 8.19. The molecule has 0 spiro atoms. The van der Waals surface area contributed by atoms with E-state index in [-0.39, 0.29) is 32.7 Å². The van der Waals surface area contributed by atoms with Crippen molar-refractivity contribution in [1.29, 1.82) is 0 Å². The first kappa shape index (κ1) is 28.6. The molecular formula is C24H32N4O7S2. The molecule has 0 radical (unpaired) electrons. The van der Waals surface area contributed by atoms with Gasteiger partial charge in [-0.3, -0.25) is 0 Å². The Morgan fingerprint density at radius 1 is 0.676 bits per heavy atom. The maximum Gasteiger partial charge on any atom is 0.251 e. The molecule has 1 heterocycles. The predicted octanol–water partition coefficient (Wildman–Crippen LogP) is 3.48. The molecule has 3 rings (SSSR count). The summed E-state index contributed by atoms with van der Waals surface area (Å²) in [6.45, 7) is 8.31. The molecule has 3 aromatic rings. The van der Waals surface area contributed by atoms with E-state index < -0.39 is 20.0 Å². The number of methoxy groups -OCH3 is 2. The van der Waals surface area contributed by atoms with Crippen molar-refractivity contribution < 1.29 is 30.7 Å². The smallest absolute Gasteiger partial charge is 0.251 e. The Morgan fingerprint density at radius 2 is 1.03 bits per heavy atom. The molecule has 0 N–H and O–H groups in total. The second kappa shape index (κ2) is 11.6. The van der Waals surface area contributed by atoms with Gasteiger partial charge in [-0.15, -0.1) is 10.2 Å². The first-order valence-electron chi connectivity index (χ1n) is 11.8. The average Bonchev–Trinajstić information content (AvgIpc) is 3.39. The largest absolute Gasteiger partial charge is 0.496 e. The number of nitrogens with zero attached hydrogens (tertiary/aromatic N) is 4. The molecule has 1 aromatic heterocycles. The fourth-order valence-corrected chi connectivity index (χ4v) is 6.87. The molecule has 0 fully saturated rings. The molecule has 2 aromatic carbocycles. The normalized spacial score (nSPS) is 12.3. The number of benzene rings is 2. The zero-order valence-corrected chi connectivity index (χ0v) is 23.4. The highest BCUT2D eigenvalue weighted by atomic mass is 32.2. The van der Waals surface area contributed by atoms with Gasteiger partial charge < -0.3 is 13.9 Å². The monoisotopic (exact) mass is 552 g/mol. The molecule has 0 aliphatic heterocycles. The van der Waals surface area contributed by atoms with Crippen molar-refractivity contribution in [2.24, 2.45) is 0 Å². The number of hydrogen-bond donors (Lipinski definition) is 0. The van der Waals surface area contributed by atoms with E-state index in [1.807, 2.05) is 0 Å². The third-order valence-corrected chi connectivity index (χ3v) is 10.0. The summed E-state index contributed by atoms with van der Waals surface area (Å²) in [4.78, 5) is 0.105. The summed E-state index contributed by atoms with van der Waals surface area (Å²) < 4.78 is 71.7. The van der Waals surface area contributed by atoms with E-state index in [0.717, 1.165) is 0 Å². The molecular weight excluding hydrogens is 520 g/mol. The van der Waals surface area contributed by atoms with Gasteiger partial charge in [0.05, 0.1) is 35.1 Å². The lowest BCUT2D eigenvalue weighted by Crippen LogP contribution is -2.30. The minimum absolute atomic E-state index is 0.00232. The van der Waals surface area contributed by atoms with Gasteiger partial charge >= 0.3 is 0 Å². The number of hydrogen-bond acceptors (Lipinski definition) is 9. The van der Waals surface area contributed by atoms with Crippen molar-refractivity contribution in [2.75, 3.05) is 40.4 Å². The topological polar surface area (TPSA) is 132 Å². The van der Waals surface area contributed by atoms with Crippen LogP contribution in [0.15, 0.2) is 50.6 Å². The standard InChI is InChI=1S/C24H32N4O7S2/c1-7-27(8-2)36(29,30)17-11-13-21(33-5)19(15-17)23-25-26-24(35-23)20-16-18(12-14-22(20)34-6)37(31,32)28(9-3)10-4/h11-16H,7-10H2,1-6H3. The highest BCUT2D eigenvalue weighted by molar-refractivity contribution is 7.89. The number of ether oxygens (including phenoxy) is 2. The van der Waals surface area contributed by atoms with Crippen LogP contribution < -0.4 is 9.47 Å². The lowest BCUT2D eigenvalue weighted by Gasteiger charge is -2.19. The van der Waals surface area contributed by atoms with Gasteiger partial charge in [0.1, 0.15) is 11.5 Å². The summed E-state index contributed by atoms with van der Waals surface area (Å²) >= 11 is 0. The molecule has 0 amide bonds. The number of sulfonamides is 2. The summed E-state index contributed by atoms with van der Waals surface area (Å²) in [5.41, 5.74) is 0.556. The van der Waals surface area contributed by atoms with E-state index in [1.54, 1.807) is 27.7 Å². The molecule has 0 aliphatic rings. The van der Waals surface area contributed by atoms with Gasteiger partial charge in [-0.05, 0) is 36.4 Å². The molecule has 13 heteroatoms. The summed E-state index contributed by atoms with van der Waals surface area (Å²) in [6.07, 6.45) is 0. The van der Waals surface area contributed by atoms with E-state index in [4.69, 9.17) is 13.9 Å². The lowest BCUT2D eigenvalue weighted by atomic mass is 10.2. The van der Waals surface area contributed by atoms with Crippen LogP contribution in [0.25, 0.3) is 22.9 Å². The van der Waals surface area contributed by atoms with E-state index in [9.17, 15) is 16.8 Å². The minimum atomic E-state index is -3.75. The maximum absolute atomic E-state index is 13.1. The van der Waals surface area contributed by atoms with Crippen molar-refractivity contribution in [3.05, 3.63) is 36.4 Å². The molecule has 0 aliphatic carbocycles. The zero-order valence-electron chi connectivity index (χ0n) is 21.8. The van der Waals surface area contributed by atoms with Gasteiger partial charge in [-0.1, -0.05) is 27.7 Å². The van der Waals surface area contributed by atoms with Gasteiger partial charge in [-0.2, -0.15) is 8.61 Å². The van der Waals surface area contributed by atoms with Gasteiger partial charge in [0.2, 0.25) is 20.0 Å². The third kappa shape index (κ3) is 5.49. The Balaban J connectivity index is 2.13. The second-order valence-electron chi connectivity index (χ2n) is 7.82. The molecule has 0 saturated heterocycles. The van der Waals surface area contributed by atoms with Crippen molar-refractivity contribution in [2.45, 2.75) is 37.5 Å². The third-order valence-electron chi connectivity index (χ3n) is 5.91. The molecule has 37 heavy (non-hydrogen) atoms. The highest BCUT2D eigenvalue weighted by Gasteiger charge is 2.27. The zero-order chi connectivity index (χ0) is 27.4. The van der Waals surface area contributed by atoms with Crippen LogP contribution in [0.4, 0.5) is 0 Å². The van der Waals surface area contributed by atoms with Crippen LogP contribution in [0.5, 0.6) is 11.5 Å². The van der Waals surface area contributed by atoms with Crippen molar-refractivity contribution in [3.63, 3.8) is 0 Å². The van der Waals surface area contributed by atoms with Gasteiger partial charge in [0.15, 0.2) is 0 Å². The predicted molar refractivity (Wildman–Crippen MR) is 138 cm³/mol. The summed E-state index contributed by atoms with van der Waals surface area (Å²) in [7, 11) is -4.62. The maximum atomic E-state index is 13.1. The Morgan fingerprint density at radius 3 is 1.32 bits per heavy atom. The quantitative estimate of drug-likeness (QED) is 0.331. The Labute approximate surface area is 218 Å². The fourth-order valence-electron chi connectivity index (χ4n) is 3.90. The Kier molecular flexibility index (Phi) is 8.95. The Hall–Kier alpha value is -3.00. The van der Waals surface area contributed by atoms with E-state index in [2.05, 4.69) is 10.2 Å². The van der Waals surface area contributed by atoms with Crippen molar-refractivity contribution in [1.82, 2.24) is 18.8 Å². The molecule has 0 saturated carbocycles. The van der Waals surface area contributed by atoms with Crippen LogP contribution in [-0.2, 0) is 20.0 Å². The van der Waals surface area contributed by atoms with Crippen LogP contribution in [-0.4, -0.2) is 76.0 Å². The first-order valence-corrected chi connectivity index (χ1v) is 14.7. The molecule has 0 atom stereocenters. The van der Waals surface area contributed by atoms with Crippen LogP contribution in [0.1, 0.15) is 27.7 Å². The van der Waals surface area contributed by atoms with Crippen molar-refractivity contribution in [3.8, 4) is 34.4 Å². The number of rotatable bonds is 12. The van der Waals surface area contributed by atoms with E-state index >= 15 is 0 Å². The van der Waals surface area contributed by atoms with Gasteiger partial charge in [0.25, 0.3) is 11.8 Å². The van der Waals surface area contributed by atoms with Crippen molar-refractivity contribution >= 4 is 20.0 Å². The van der Waals surface area contributed by atoms with E-state index in [0.29, 0.717) is 37.7 Å². The minimum Gasteiger partial charge on any atom is -0.496 e. The van der Waals surface area contributed by atoms with Crippen LogP contribution >= 0.6 is 0 Å². The molecule has 0 bridgehead atoms. The summed E-state index contributed by atoms with van der Waals surface area (Å²) in [6, 6.07) is 8.79. The van der Waals surface area contributed by atoms with Gasteiger partial charge in [-0.25, -0.2) is 16.8 Å². The Bertz CT molecular complexity index is 1340. The van der Waals surface area contributed by atoms with E-state index in [1.165, 1.54) is 59.2 Å². The first-order chi connectivity index (χ1) is 17.6. The highest BCUT2D eigenvalue weighted by Crippen LogP contribution is 2.37. The lowest BCUT2D eigenvalue weighted by molar-refractivity contribution is 0.412. The van der Waals surface area contributed by atoms with Gasteiger partial charge in [0, 0.05) is 26.2 Å².